The first-order valence-corrected chi connectivity index (χ1v) is 9.37. The van der Waals surface area contributed by atoms with Gasteiger partial charge in [-0.3, -0.25) is 9.69 Å². The third-order valence-electron chi connectivity index (χ3n) is 4.76. The van der Waals surface area contributed by atoms with E-state index >= 15 is 0 Å². The Morgan fingerprint density at radius 2 is 1.77 bits per heavy atom. The fraction of sp³-hybridized carbons (Fsp3) is 0.238. The highest BCUT2D eigenvalue weighted by molar-refractivity contribution is 7.80. The van der Waals surface area contributed by atoms with Crippen LogP contribution in [-0.4, -0.2) is 30.0 Å². The second-order valence-electron chi connectivity index (χ2n) is 7.02. The minimum atomic E-state index is -4.52. The van der Waals surface area contributed by atoms with Crippen LogP contribution in [0.15, 0.2) is 59.8 Å². The molecule has 0 fully saturated rings. The van der Waals surface area contributed by atoms with Gasteiger partial charge >= 0.3 is 6.18 Å². The number of allylic oxidation sites excluding steroid dienone is 1. The van der Waals surface area contributed by atoms with Crippen LogP contribution in [0.2, 0.25) is 0 Å². The van der Waals surface area contributed by atoms with E-state index in [1.165, 1.54) is 46.2 Å². The summed E-state index contributed by atoms with van der Waals surface area (Å²) in [6.45, 7) is 1.63. The monoisotopic (exact) mass is 437 g/mol. The maximum Gasteiger partial charge on any atom is 0.416 e. The van der Waals surface area contributed by atoms with E-state index < -0.39 is 23.6 Å². The Bertz CT molecular complexity index is 1020. The first kappa shape index (κ1) is 21.8. The van der Waals surface area contributed by atoms with Gasteiger partial charge in [-0.25, -0.2) is 4.39 Å². The van der Waals surface area contributed by atoms with Crippen LogP contribution in [-0.2, 0) is 11.0 Å². The van der Waals surface area contributed by atoms with Crippen molar-refractivity contribution in [3.05, 3.63) is 76.7 Å². The Morgan fingerprint density at radius 1 is 1.13 bits per heavy atom. The van der Waals surface area contributed by atoms with E-state index in [1.807, 2.05) is 0 Å². The first-order chi connectivity index (χ1) is 14.0. The third kappa shape index (κ3) is 4.16. The molecule has 0 aliphatic carbocycles. The summed E-state index contributed by atoms with van der Waals surface area (Å²) in [7, 11) is 3.15. The van der Waals surface area contributed by atoms with Gasteiger partial charge in [0.25, 0.3) is 5.91 Å². The highest BCUT2D eigenvalue weighted by atomic mass is 32.1. The number of thiocarbonyl (C=S) groups is 1. The largest absolute Gasteiger partial charge is 0.416 e. The van der Waals surface area contributed by atoms with E-state index in [4.69, 9.17) is 12.2 Å². The van der Waals surface area contributed by atoms with E-state index in [0.717, 1.165) is 12.1 Å². The van der Waals surface area contributed by atoms with Gasteiger partial charge < -0.3 is 10.2 Å². The van der Waals surface area contributed by atoms with Crippen molar-refractivity contribution in [2.24, 2.45) is 0 Å². The summed E-state index contributed by atoms with van der Waals surface area (Å²) in [5.74, 6) is -0.766. The molecule has 30 heavy (non-hydrogen) atoms. The van der Waals surface area contributed by atoms with Crippen molar-refractivity contribution in [3.8, 4) is 0 Å². The van der Waals surface area contributed by atoms with Crippen molar-refractivity contribution in [2.75, 3.05) is 19.0 Å². The van der Waals surface area contributed by atoms with Crippen molar-refractivity contribution < 1.29 is 22.4 Å². The van der Waals surface area contributed by atoms with Crippen molar-refractivity contribution >= 4 is 28.9 Å². The Morgan fingerprint density at radius 3 is 2.33 bits per heavy atom. The number of carbonyl (C=O) groups is 1. The van der Waals surface area contributed by atoms with Gasteiger partial charge in [0.2, 0.25) is 0 Å². The molecule has 1 heterocycles. The van der Waals surface area contributed by atoms with Gasteiger partial charge in [0, 0.05) is 25.5 Å². The Hall–Kier alpha value is -2.94. The molecule has 1 N–H and O–H groups in total. The lowest BCUT2D eigenvalue weighted by molar-refractivity contribution is -0.137. The van der Waals surface area contributed by atoms with Gasteiger partial charge in [0.1, 0.15) is 5.82 Å². The van der Waals surface area contributed by atoms with Gasteiger partial charge in [0.15, 0.2) is 5.11 Å². The number of benzene rings is 2. The lowest BCUT2D eigenvalue weighted by Gasteiger charge is -2.38. The van der Waals surface area contributed by atoms with E-state index in [-0.39, 0.29) is 16.7 Å². The second kappa shape index (κ2) is 8.06. The maximum atomic E-state index is 13.4. The molecule has 3 rings (SSSR count). The summed E-state index contributed by atoms with van der Waals surface area (Å²) < 4.78 is 52.9. The molecule has 0 saturated carbocycles. The number of carbonyl (C=O) groups excluding carboxylic acids is 1. The number of anilines is 1. The van der Waals surface area contributed by atoms with Crippen LogP contribution in [0, 0.1) is 5.82 Å². The summed E-state index contributed by atoms with van der Waals surface area (Å²) in [4.78, 5) is 15.7. The number of halogens is 4. The second-order valence-corrected chi connectivity index (χ2v) is 7.40. The highest BCUT2D eigenvalue weighted by Crippen LogP contribution is 2.37. The number of alkyl halides is 3. The van der Waals surface area contributed by atoms with Crippen LogP contribution in [0.5, 0.6) is 0 Å². The molecule has 1 aliphatic heterocycles. The van der Waals surface area contributed by atoms with Crippen LogP contribution in [0.1, 0.15) is 24.1 Å². The normalized spacial score (nSPS) is 17.1. The minimum Gasteiger partial charge on any atom is -0.351 e. The topological polar surface area (TPSA) is 35.6 Å². The molecule has 0 saturated heterocycles. The zero-order chi connectivity index (χ0) is 22.2. The van der Waals surface area contributed by atoms with Crippen molar-refractivity contribution in [3.63, 3.8) is 0 Å². The Kier molecular flexibility index (Phi) is 5.85. The van der Waals surface area contributed by atoms with Crippen molar-refractivity contribution in [1.82, 2.24) is 10.2 Å². The SMILES string of the molecule is CC1=C(C(=O)N(C)C)C(c2ccc(F)cc2)NC(=S)N1c1cccc(C(F)(F)F)c1. The zero-order valence-corrected chi connectivity index (χ0v) is 17.2. The number of rotatable bonds is 3. The number of nitrogens with zero attached hydrogens (tertiary/aromatic N) is 2. The number of hydrogen-bond donors (Lipinski definition) is 1. The summed E-state index contributed by atoms with van der Waals surface area (Å²) in [6.07, 6.45) is -4.52. The molecule has 1 atom stereocenters. The van der Waals surface area contributed by atoms with Gasteiger partial charge in [-0.15, -0.1) is 0 Å². The summed E-state index contributed by atoms with van der Waals surface area (Å²) in [5.41, 5.74) is 0.661. The number of likely N-dealkylation sites (N-methyl/N-ethyl adjacent to an activating group) is 1. The van der Waals surface area contributed by atoms with Crippen molar-refractivity contribution in [1.29, 1.82) is 0 Å². The maximum absolute atomic E-state index is 13.4. The van der Waals surface area contributed by atoms with Crippen LogP contribution >= 0.6 is 12.2 Å². The molecule has 0 radical (unpaired) electrons. The molecule has 1 aliphatic rings. The molecule has 2 aromatic rings. The first-order valence-electron chi connectivity index (χ1n) is 8.96. The minimum absolute atomic E-state index is 0.136. The Labute approximate surface area is 176 Å². The molecule has 0 bridgehead atoms. The molecule has 2 aromatic carbocycles. The molecule has 1 unspecified atom stereocenters. The molecule has 4 nitrogen and oxygen atoms in total. The lowest BCUT2D eigenvalue weighted by atomic mass is 9.93. The standard InChI is InChI=1S/C21H19F4N3OS/c1-12-17(19(29)27(2)3)18(13-7-9-15(22)10-8-13)26-20(30)28(12)16-6-4-5-14(11-16)21(23,24)25/h4-11,18H,1-3H3,(H,26,30). The fourth-order valence-electron chi connectivity index (χ4n) is 3.30. The lowest BCUT2D eigenvalue weighted by Crippen LogP contribution is -2.49. The van der Waals surface area contributed by atoms with Crippen molar-refractivity contribution in [2.45, 2.75) is 19.1 Å². The molecular weight excluding hydrogens is 418 g/mol. The smallest absolute Gasteiger partial charge is 0.351 e. The molecular formula is C21H19F4N3OS. The molecule has 158 valence electrons. The highest BCUT2D eigenvalue weighted by Gasteiger charge is 2.36. The van der Waals surface area contributed by atoms with E-state index in [1.54, 1.807) is 21.0 Å². The van der Waals surface area contributed by atoms with E-state index in [0.29, 0.717) is 16.8 Å². The predicted octanol–water partition coefficient (Wildman–Crippen LogP) is 4.64. The van der Waals surface area contributed by atoms with E-state index in [2.05, 4.69) is 5.32 Å². The average molecular weight is 437 g/mol. The fourth-order valence-corrected chi connectivity index (χ4v) is 3.66. The molecule has 0 aromatic heterocycles. The number of nitrogens with one attached hydrogen (secondary N) is 1. The number of hydrogen-bond acceptors (Lipinski definition) is 2. The summed E-state index contributed by atoms with van der Waals surface area (Å²) in [6, 6.07) is 9.66. The van der Waals surface area contributed by atoms with Gasteiger partial charge in [-0.05, 0) is 55.0 Å². The van der Waals surface area contributed by atoms with Crippen LogP contribution in [0.3, 0.4) is 0 Å². The summed E-state index contributed by atoms with van der Waals surface area (Å²) in [5, 5.41) is 3.16. The molecule has 1 amide bonds. The summed E-state index contributed by atoms with van der Waals surface area (Å²) >= 11 is 5.43. The zero-order valence-electron chi connectivity index (χ0n) is 16.4. The van der Waals surface area contributed by atoms with E-state index in [9.17, 15) is 22.4 Å². The quantitative estimate of drug-likeness (QED) is 0.561. The number of amides is 1. The average Bonchev–Trinajstić information content (AvgIpc) is 2.67. The van der Waals surface area contributed by atoms with Gasteiger partial charge in [0.05, 0.1) is 17.2 Å². The predicted molar refractivity (Wildman–Crippen MR) is 110 cm³/mol. The molecule has 0 spiro atoms. The third-order valence-corrected chi connectivity index (χ3v) is 5.06. The van der Waals surface area contributed by atoms with Crippen LogP contribution < -0.4 is 10.2 Å². The van der Waals surface area contributed by atoms with Crippen LogP contribution in [0.25, 0.3) is 0 Å². The van der Waals surface area contributed by atoms with Crippen LogP contribution in [0.4, 0.5) is 23.2 Å². The Balaban J connectivity index is 2.16. The van der Waals surface area contributed by atoms with Gasteiger partial charge in [-0.2, -0.15) is 13.2 Å². The van der Waals surface area contributed by atoms with Gasteiger partial charge in [-0.1, -0.05) is 18.2 Å². The molecule has 9 heteroatoms.